The molecule has 1 aromatic carbocycles. The van der Waals surface area contributed by atoms with Crippen molar-refractivity contribution in [3.8, 4) is 5.82 Å². The number of nitrogens with one attached hydrogen (secondary N) is 1. The Kier molecular flexibility index (Phi) is 5.86. The number of hydrogen-bond acceptors (Lipinski definition) is 10. The van der Waals surface area contributed by atoms with Crippen LogP contribution < -0.4 is 11.2 Å². The Bertz CT molecular complexity index is 1170. The van der Waals surface area contributed by atoms with Gasteiger partial charge in [0.15, 0.2) is 5.69 Å². The number of rotatable bonds is 7. The van der Waals surface area contributed by atoms with Crippen LogP contribution in [0.5, 0.6) is 0 Å². The Morgan fingerprint density at radius 3 is 2.87 bits per heavy atom. The van der Waals surface area contributed by atoms with E-state index in [1.54, 1.807) is 6.21 Å². The minimum atomic E-state index is -0.497. The average molecular weight is 441 g/mol. The molecule has 0 fully saturated rings. The number of benzene rings is 1. The van der Waals surface area contributed by atoms with E-state index in [-0.39, 0.29) is 17.3 Å². The molecule has 12 heteroatoms. The maximum Gasteiger partial charge on any atom is 0.293 e. The van der Waals surface area contributed by atoms with Crippen molar-refractivity contribution >= 4 is 41.0 Å². The lowest BCUT2D eigenvalue weighted by atomic mass is 10.2. The molecule has 0 aliphatic rings. The highest BCUT2D eigenvalue weighted by molar-refractivity contribution is 7.98. The molecule has 3 aromatic heterocycles. The second kappa shape index (κ2) is 8.88. The second-order valence-electron chi connectivity index (χ2n) is 6.09. The van der Waals surface area contributed by atoms with E-state index in [0.29, 0.717) is 11.4 Å². The summed E-state index contributed by atoms with van der Waals surface area (Å²) in [4.78, 5) is 14.6. The number of thioether (sulfide) groups is 1. The lowest BCUT2D eigenvalue weighted by Gasteiger charge is -2.06. The molecule has 3 N–H and O–H groups in total. The van der Waals surface area contributed by atoms with Crippen molar-refractivity contribution in [1.82, 2.24) is 30.7 Å². The predicted octanol–water partition coefficient (Wildman–Crippen LogP) is 2.66. The van der Waals surface area contributed by atoms with Gasteiger partial charge in [-0.2, -0.15) is 9.78 Å². The van der Waals surface area contributed by atoms with Crippen LogP contribution in [-0.2, 0) is 5.75 Å². The third-order valence-corrected chi connectivity index (χ3v) is 5.80. The third-order valence-electron chi connectivity index (χ3n) is 3.97. The molecule has 3 heterocycles. The van der Waals surface area contributed by atoms with Crippen LogP contribution in [0.1, 0.15) is 26.6 Å². The van der Waals surface area contributed by atoms with Crippen LogP contribution in [0.4, 0.5) is 5.82 Å². The van der Waals surface area contributed by atoms with Crippen molar-refractivity contribution in [2.75, 3.05) is 5.73 Å². The highest BCUT2D eigenvalue weighted by Crippen LogP contribution is 2.26. The molecule has 152 valence electrons. The van der Waals surface area contributed by atoms with Crippen LogP contribution in [0, 0.1) is 6.92 Å². The summed E-state index contributed by atoms with van der Waals surface area (Å²) >= 11 is 3.03. The monoisotopic (exact) mass is 440 g/mol. The van der Waals surface area contributed by atoms with Gasteiger partial charge in [-0.3, -0.25) is 4.79 Å². The normalized spacial score (nSPS) is 11.2. The van der Waals surface area contributed by atoms with E-state index in [0.717, 1.165) is 15.3 Å². The molecule has 0 saturated carbocycles. The topological polar surface area (TPSA) is 137 Å². The Balaban J connectivity index is 1.59. The number of nitrogens with zero attached hydrogens (tertiary/aromatic N) is 6. The van der Waals surface area contributed by atoms with Crippen LogP contribution in [0.25, 0.3) is 5.82 Å². The van der Waals surface area contributed by atoms with Gasteiger partial charge in [0.2, 0.25) is 11.6 Å². The molecule has 0 saturated heterocycles. The number of nitrogen functional groups attached to an aromatic ring is 1. The number of hydrazone groups is 1. The molecule has 0 aliphatic carbocycles. The highest BCUT2D eigenvalue weighted by atomic mass is 32.2. The number of aromatic nitrogens is 5. The van der Waals surface area contributed by atoms with Crippen LogP contribution >= 0.6 is 23.1 Å². The van der Waals surface area contributed by atoms with Crippen LogP contribution in [-0.4, -0.2) is 37.4 Å². The number of aryl methyl sites for hydroxylation is 1. The van der Waals surface area contributed by atoms with Gasteiger partial charge in [-0.15, -0.1) is 28.2 Å². The van der Waals surface area contributed by atoms with Gasteiger partial charge in [-0.05, 0) is 40.8 Å². The van der Waals surface area contributed by atoms with E-state index in [9.17, 15) is 4.79 Å². The summed E-state index contributed by atoms with van der Waals surface area (Å²) in [7, 11) is 0. The van der Waals surface area contributed by atoms with Gasteiger partial charge < -0.3 is 5.73 Å². The molecule has 0 atom stereocenters. The van der Waals surface area contributed by atoms with Gasteiger partial charge in [-0.1, -0.05) is 29.0 Å². The van der Waals surface area contributed by atoms with Crippen molar-refractivity contribution in [2.45, 2.75) is 17.6 Å². The third kappa shape index (κ3) is 4.39. The lowest BCUT2D eigenvalue weighted by molar-refractivity contribution is 0.0949. The fraction of sp³-hybridized carbons (Fsp3) is 0.111. The van der Waals surface area contributed by atoms with Crippen molar-refractivity contribution in [2.24, 2.45) is 5.10 Å². The van der Waals surface area contributed by atoms with E-state index >= 15 is 0 Å². The maximum absolute atomic E-state index is 12.7. The number of thiophene rings is 1. The van der Waals surface area contributed by atoms with Crippen molar-refractivity contribution in [3.63, 3.8) is 0 Å². The van der Waals surface area contributed by atoms with E-state index in [2.05, 4.69) is 35.8 Å². The standard InChI is InChI=1S/C18H16N8O2S2/c1-11-4-6-12(7-5-11)30-10-14-15(18(27)22-20-9-13-3-2-8-29-13)21-25-26(14)17-16(19)23-28-24-17/h2-9H,10H2,1H3,(H2,19,23)(H,22,27)/b20-9-. The highest BCUT2D eigenvalue weighted by Gasteiger charge is 2.24. The molecule has 0 bridgehead atoms. The second-order valence-corrected chi connectivity index (χ2v) is 8.11. The first-order chi connectivity index (χ1) is 14.6. The largest absolute Gasteiger partial charge is 0.378 e. The zero-order valence-corrected chi connectivity index (χ0v) is 17.4. The van der Waals surface area contributed by atoms with Gasteiger partial charge in [0.25, 0.3) is 5.91 Å². The average Bonchev–Trinajstić information content (AvgIpc) is 3.48. The summed E-state index contributed by atoms with van der Waals surface area (Å²) in [6.07, 6.45) is 1.56. The lowest BCUT2D eigenvalue weighted by Crippen LogP contribution is -2.20. The fourth-order valence-electron chi connectivity index (χ4n) is 2.47. The van der Waals surface area contributed by atoms with Crippen LogP contribution in [0.2, 0.25) is 0 Å². The molecule has 4 aromatic rings. The van der Waals surface area contributed by atoms with Gasteiger partial charge in [0.05, 0.1) is 11.9 Å². The van der Waals surface area contributed by atoms with E-state index in [1.165, 1.54) is 27.8 Å². The van der Waals surface area contributed by atoms with E-state index in [1.807, 2.05) is 48.7 Å². The van der Waals surface area contributed by atoms with Crippen molar-refractivity contribution < 1.29 is 9.42 Å². The molecular weight excluding hydrogens is 424 g/mol. The van der Waals surface area contributed by atoms with E-state index in [4.69, 9.17) is 5.73 Å². The fourth-order valence-corrected chi connectivity index (χ4v) is 3.95. The van der Waals surface area contributed by atoms with Gasteiger partial charge in [0, 0.05) is 15.5 Å². The maximum atomic E-state index is 12.7. The summed E-state index contributed by atoms with van der Waals surface area (Å²) in [6, 6.07) is 11.8. The molecule has 0 radical (unpaired) electrons. The quantitative estimate of drug-likeness (QED) is 0.254. The molecule has 10 nitrogen and oxygen atoms in total. The van der Waals surface area contributed by atoms with Gasteiger partial charge in [0.1, 0.15) is 0 Å². The summed E-state index contributed by atoms with van der Waals surface area (Å²) in [5, 5.41) is 21.3. The van der Waals surface area contributed by atoms with Gasteiger partial charge >= 0.3 is 0 Å². The first-order valence-corrected chi connectivity index (χ1v) is 10.6. The minimum absolute atomic E-state index is 0.0455. The minimum Gasteiger partial charge on any atom is -0.378 e. The number of carbonyl (C=O) groups is 1. The van der Waals surface area contributed by atoms with Gasteiger partial charge in [-0.25, -0.2) is 10.1 Å². The number of hydrogen-bond donors (Lipinski definition) is 2. The van der Waals surface area contributed by atoms with Crippen molar-refractivity contribution in [1.29, 1.82) is 0 Å². The van der Waals surface area contributed by atoms with E-state index < -0.39 is 5.91 Å². The SMILES string of the molecule is Cc1ccc(SCc2c(C(=O)N/N=C\c3cccs3)nnn2-c2nonc2N)cc1. The van der Waals surface area contributed by atoms with Crippen LogP contribution in [0.15, 0.2) is 56.4 Å². The summed E-state index contributed by atoms with van der Waals surface area (Å²) < 4.78 is 6.02. The summed E-state index contributed by atoms with van der Waals surface area (Å²) in [6.45, 7) is 2.02. The zero-order chi connectivity index (χ0) is 20.9. The Hall–Kier alpha value is -3.51. The first kappa shape index (κ1) is 19.8. The zero-order valence-electron chi connectivity index (χ0n) is 15.7. The smallest absolute Gasteiger partial charge is 0.293 e. The Labute approximate surface area is 179 Å². The molecular formula is C18H16N8O2S2. The van der Waals surface area contributed by atoms with Crippen LogP contribution in [0.3, 0.4) is 0 Å². The predicted molar refractivity (Wildman–Crippen MR) is 114 cm³/mol. The first-order valence-electron chi connectivity index (χ1n) is 8.71. The molecule has 0 unspecified atom stereocenters. The molecule has 4 rings (SSSR count). The molecule has 30 heavy (non-hydrogen) atoms. The number of amides is 1. The Morgan fingerprint density at radius 1 is 1.33 bits per heavy atom. The number of anilines is 1. The molecule has 1 amide bonds. The molecule has 0 aliphatic heterocycles. The summed E-state index contributed by atoms with van der Waals surface area (Å²) in [5.41, 5.74) is 10.0. The summed E-state index contributed by atoms with van der Waals surface area (Å²) in [5.74, 6) is 0.107. The number of nitrogens with two attached hydrogens (primary N) is 1. The molecule has 0 spiro atoms. The Morgan fingerprint density at radius 2 is 2.17 bits per heavy atom. The van der Waals surface area contributed by atoms with Crippen molar-refractivity contribution in [3.05, 3.63) is 63.6 Å². The number of carbonyl (C=O) groups excluding carboxylic acids is 1.